The molecule has 1 heterocycles. The Morgan fingerprint density at radius 1 is 1.16 bits per heavy atom. The predicted octanol–water partition coefficient (Wildman–Crippen LogP) is 4.91. The number of rotatable bonds is 7. The van der Waals surface area contributed by atoms with E-state index in [4.69, 9.17) is 9.47 Å². The Bertz CT molecular complexity index is 930. The van der Waals surface area contributed by atoms with Gasteiger partial charge >= 0.3 is 12.1 Å². The Kier molecular flexibility index (Phi) is 7.15. The van der Waals surface area contributed by atoms with Crippen LogP contribution in [-0.4, -0.2) is 40.8 Å². The Morgan fingerprint density at radius 2 is 1.90 bits per heavy atom. The van der Waals surface area contributed by atoms with Gasteiger partial charge in [-0.1, -0.05) is 30.3 Å². The number of alkyl halides is 1. The molecule has 0 aliphatic carbocycles. The van der Waals surface area contributed by atoms with Crippen molar-refractivity contribution in [3.63, 3.8) is 0 Å². The van der Waals surface area contributed by atoms with Crippen molar-refractivity contribution < 1.29 is 28.6 Å². The van der Waals surface area contributed by atoms with Crippen LogP contribution in [0.5, 0.6) is 5.75 Å². The summed E-state index contributed by atoms with van der Waals surface area (Å²) in [5.74, 6) is -0.452. The molecule has 1 fully saturated rings. The van der Waals surface area contributed by atoms with Crippen LogP contribution in [0, 0.1) is 0 Å². The summed E-state index contributed by atoms with van der Waals surface area (Å²) in [5.41, 5.74) is 0.968. The quantitative estimate of drug-likeness (QED) is 0.677. The second kappa shape index (κ2) is 9.81. The van der Waals surface area contributed by atoms with Crippen molar-refractivity contribution in [2.24, 2.45) is 0 Å². The molecule has 166 valence electrons. The summed E-state index contributed by atoms with van der Waals surface area (Å²) in [6, 6.07) is 14.3. The van der Waals surface area contributed by atoms with Gasteiger partial charge in [-0.05, 0) is 61.6 Å². The second-order valence-corrected chi connectivity index (χ2v) is 8.28. The smallest absolute Gasteiger partial charge is 0.410 e. The van der Waals surface area contributed by atoms with Crippen LogP contribution in [0.1, 0.15) is 49.3 Å². The molecule has 3 rings (SSSR count). The van der Waals surface area contributed by atoms with Gasteiger partial charge in [-0.25, -0.2) is 14.0 Å². The van der Waals surface area contributed by atoms with Crippen molar-refractivity contribution >= 4 is 12.1 Å². The molecule has 0 saturated carbocycles. The van der Waals surface area contributed by atoms with Crippen LogP contribution >= 0.6 is 0 Å². The highest BCUT2D eigenvalue weighted by atomic mass is 19.1. The van der Waals surface area contributed by atoms with Gasteiger partial charge in [0.25, 0.3) is 0 Å². The predicted molar refractivity (Wildman–Crippen MR) is 114 cm³/mol. The molecule has 7 heteroatoms. The number of ether oxygens (including phenoxy) is 2. The lowest BCUT2D eigenvalue weighted by Gasteiger charge is -2.32. The number of aliphatic carboxylic acids is 1. The van der Waals surface area contributed by atoms with Gasteiger partial charge in [-0.2, -0.15) is 0 Å². The first kappa shape index (κ1) is 22.6. The number of benzene rings is 2. The maximum Gasteiger partial charge on any atom is 0.410 e. The third-order valence-electron chi connectivity index (χ3n) is 5.41. The minimum atomic E-state index is -1.33. The number of carboxylic acid groups (broad SMARTS) is 1. The van der Waals surface area contributed by atoms with Crippen LogP contribution in [-0.2, 0) is 22.8 Å². The van der Waals surface area contributed by atoms with Gasteiger partial charge < -0.3 is 19.5 Å². The monoisotopic (exact) mass is 429 g/mol. The van der Waals surface area contributed by atoms with Crippen LogP contribution in [0.3, 0.4) is 0 Å². The first-order valence-corrected chi connectivity index (χ1v) is 10.4. The summed E-state index contributed by atoms with van der Waals surface area (Å²) >= 11 is 0. The number of carbonyl (C=O) groups excluding carboxylic acids is 1. The lowest BCUT2D eigenvalue weighted by molar-refractivity contribution is -0.152. The number of nitrogens with zero attached hydrogens (tertiary/aromatic N) is 1. The van der Waals surface area contributed by atoms with E-state index < -0.39 is 24.3 Å². The zero-order chi connectivity index (χ0) is 22.4. The van der Waals surface area contributed by atoms with Crippen molar-refractivity contribution in [3.05, 3.63) is 65.2 Å². The van der Waals surface area contributed by atoms with Gasteiger partial charge in [0.2, 0.25) is 0 Å². The van der Waals surface area contributed by atoms with Crippen molar-refractivity contribution in [3.8, 4) is 5.75 Å². The van der Waals surface area contributed by atoms with E-state index in [1.54, 1.807) is 35.2 Å². The zero-order valence-corrected chi connectivity index (χ0v) is 17.8. The summed E-state index contributed by atoms with van der Waals surface area (Å²) in [4.78, 5) is 25.6. The van der Waals surface area contributed by atoms with Gasteiger partial charge in [0.1, 0.15) is 19.0 Å². The third kappa shape index (κ3) is 5.96. The third-order valence-corrected chi connectivity index (χ3v) is 5.41. The molecule has 0 radical (unpaired) electrons. The topological polar surface area (TPSA) is 76.1 Å². The first-order valence-electron chi connectivity index (χ1n) is 10.4. The Labute approximate surface area is 181 Å². The molecule has 0 aromatic heterocycles. The maximum atomic E-state index is 12.8. The molecule has 0 bridgehead atoms. The molecular weight excluding hydrogens is 401 g/mol. The number of amides is 1. The van der Waals surface area contributed by atoms with Crippen LogP contribution < -0.4 is 4.74 Å². The van der Waals surface area contributed by atoms with E-state index in [0.29, 0.717) is 24.4 Å². The molecule has 1 amide bonds. The van der Waals surface area contributed by atoms with Crippen molar-refractivity contribution in [1.29, 1.82) is 0 Å². The van der Waals surface area contributed by atoms with Gasteiger partial charge in [-0.15, -0.1) is 0 Å². The minimum Gasteiger partial charge on any atom is -0.478 e. The highest BCUT2D eigenvalue weighted by molar-refractivity contribution is 5.76. The fourth-order valence-electron chi connectivity index (χ4n) is 3.62. The molecule has 6 nitrogen and oxygen atoms in total. The average molecular weight is 429 g/mol. The summed E-state index contributed by atoms with van der Waals surface area (Å²) in [5, 5.41) is 9.28. The fourth-order valence-corrected chi connectivity index (χ4v) is 3.62. The van der Waals surface area contributed by atoms with Crippen LogP contribution in [0.4, 0.5) is 9.18 Å². The van der Waals surface area contributed by atoms with Crippen LogP contribution in [0.25, 0.3) is 0 Å². The van der Waals surface area contributed by atoms with E-state index in [1.807, 2.05) is 18.2 Å². The van der Waals surface area contributed by atoms with Crippen LogP contribution in [0.15, 0.2) is 48.5 Å². The van der Waals surface area contributed by atoms with E-state index in [-0.39, 0.29) is 12.5 Å². The molecule has 1 aliphatic rings. The lowest BCUT2D eigenvalue weighted by Crippen LogP contribution is -2.39. The maximum absolute atomic E-state index is 12.8. The van der Waals surface area contributed by atoms with E-state index in [9.17, 15) is 19.1 Å². The molecule has 2 aromatic rings. The lowest BCUT2D eigenvalue weighted by atomic mass is 9.90. The minimum absolute atomic E-state index is 0.0986. The number of likely N-dealkylation sites (tertiary alicyclic amines) is 1. The number of carboxylic acids is 1. The molecule has 31 heavy (non-hydrogen) atoms. The van der Waals surface area contributed by atoms with E-state index >= 15 is 0 Å². The van der Waals surface area contributed by atoms with E-state index in [2.05, 4.69) is 0 Å². The number of piperidine rings is 1. The van der Waals surface area contributed by atoms with Crippen LogP contribution in [0.2, 0.25) is 0 Å². The summed E-state index contributed by atoms with van der Waals surface area (Å²) in [7, 11) is 0. The summed E-state index contributed by atoms with van der Waals surface area (Å²) in [6.07, 6.45) is 1.35. The Hall–Kier alpha value is -3.09. The second-order valence-electron chi connectivity index (χ2n) is 8.28. The standard InChI is InChI=1S/C24H28FNO5/c1-24(2,22(27)28)31-21-10-4-8-19(13-21)20-9-5-11-26(15-20)23(29)30-16-18-7-3-6-17(12-18)14-25/h3-4,6-8,10,12-13,20H,5,9,11,14-16H2,1-2H3,(H,27,28). The molecular formula is C24H28FNO5. The number of hydrogen-bond donors (Lipinski definition) is 1. The van der Waals surface area contributed by atoms with Gasteiger partial charge in [0.15, 0.2) is 5.60 Å². The number of halogens is 1. The molecule has 1 aliphatic heterocycles. The average Bonchev–Trinajstić information content (AvgIpc) is 2.77. The largest absolute Gasteiger partial charge is 0.478 e. The Morgan fingerprint density at radius 3 is 2.65 bits per heavy atom. The molecule has 0 spiro atoms. The first-order chi connectivity index (χ1) is 14.8. The highest BCUT2D eigenvalue weighted by Crippen LogP contribution is 2.30. The summed E-state index contributed by atoms with van der Waals surface area (Å²) in [6.45, 7) is 3.67. The SMILES string of the molecule is CC(C)(Oc1cccc(C2CCCN(C(=O)OCc3cccc(CF)c3)C2)c1)C(=O)O. The normalized spacial score (nSPS) is 16.6. The van der Waals surface area contributed by atoms with Gasteiger partial charge in [0, 0.05) is 19.0 Å². The number of carbonyl (C=O) groups is 2. The molecule has 1 unspecified atom stereocenters. The van der Waals surface area contributed by atoms with Crippen molar-refractivity contribution in [2.45, 2.75) is 51.5 Å². The molecule has 1 atom stereocenters. The molecule has 1 N–H and O–H groups in total. The van der Waals surface area contributed by atoms with E-state index in [0.717, 1.165) is 24.0 Å². The summed E-state index contributed by atoms with van der Waals surface area (Å²) < 4.78 is 23.9. The van der Waals surface area contributed by atoms with Crippen molar-refractivity contribution in [2.75, 3.05) is 13.1 Å². The number of hydrogen-bond acceptors (Lipinski definition) is 4. The van der Waals surface area contributed by atoms with Gasteiger partial charge in [0.05, 0.1) is 0 Å². The van der Waals surface area contributed by atoms with E-state index in [1.165, 1.54) is 13.8 Å². The highest BCUT2D eigenvalue weighted by Gasteiger charge is 2.30. The Balaban J connectivity index is 1.61. The molecule has 1 saturated heterocycles. The van der Waals surface area contributed by atoms with Gasteiger partial charge in [-0.3, -0.25) is 0 Å². The molecule has 2 aromatic carbocycles. The fraction of sp³-hybridized carbons (Fsp3) is 0.417. The van der Waals surface area contributed by atoms with Crippen molar-refractivity contribution in [1.82, 2.24) is 4.90 Å². The zero-order valence-electron chi connectivity index (χ0n) is 17.8.